The Morgan fingerprint density at radius 3 is 2.23 bits per heavy atom. The van der Waals surface area contributed by atoms with Gasteiger partial charge >= 0.3 is 139 Å². The largest absolute Gasteiger partial charge is 1.00 e. The summed E-state index contributed by atoms with van der Waals surface area (Å²) in [5.41, 5.74) is 5.76. The van der Waals surface area contributed by atoms with Crippen LogP contribution in [-0.4, -0.2) is 5.54 Å². The molecule has 0 aromatic heterocycles. The van der Waals surface area contributed by atoms with Gasteiger partial charge in [0.2, 0.25) is 0 Å². The number of anilines is 1. The van der Waals surface area contributed by atoms with Crippen LogP contribution in [0.1, 0.15) is 40.2 Å². The Labute approximate surface area is 162 Å². The normalized spacial score (nSPS) is 20.5. The van der Waals surface area contributed by atoms with Crippen LogP contribution in [0.2, 0.25) is 3.12 Å². The molecule has 119 valence electrons. The Morgan fingerprint density at radius 2 is 1.73 bits per heavy atom. The van der Waals surface area contributed by atoms with Crippen molar-refractivity contribution in [1.29, 1.82) is 0 Å². The number of rotatable bonds is 3. The number of nitrogens with one attached hydrogen (secondary N) is 1. The summed E-state index contributed by atoms with van der Waals surface area (Å²) >= 11 is 1.57. The molecule has 1 aliphatic carbocycles. The SMILES string of the molecule is CC1=C(Cc2ccccc2NC(C)(C)C)[C](C)([Zr+2])C=C1.[Cl-].[Cl-]. The summed E-state index contributed by atoms with van der Waals surface area (Å²) < 4.78 is 0.269. The fourth-order valence-corrected chi connectivity index (χ4v) is 3.52. The molecule has 0 heterocycles. The molecular formula is C18H24Cl2NZr. The predicted molar refractivity (Wildman–Crippen MR) is 83.7 cm³/mol. The summed E-state index contributed by atoms with van der Waals surface area (Å²) in [4.78, 5) is 0. The van der Waals surface area contributed by atoms with Gasteiger partial charge in [-0.05, 0) is 0 Å². The average Bonchev–Trinajstić information content (AvgIpc) is 2.56. The van der Waals surface area contributed by atoms with Crippen molar-refractivity contribution in [2.24, 2.45) is 0 Å². The van der Waals surface area contributed by atoms with E-state index in [1.54, 1.807) is 30.3 Å². The summed E-state index contributed by atoms with van der Waals surface area (Å²) in [6.07, 6.45) is 5.68. The molecule has 0 amide bonds. The van der Waals surface area contributed by atoms with Crippen molar-refractivity contribution >= 4 is 5.69 Å². The van der Waals surface area contributed by atoms with Crippen molar-refractivity contribution in [2.75, 3.05) is 5.32 Å². The Hall–Kier alpha value is -0.0369. The number of allylic oxidation sites excluding steroid dienone is 4. The van der Waals surface area contributed by atoms with Crippen LogP contribution in [0.3, 0.4) is 0 Å². The van der Waals surface area contributed by atoms with Gasteiger partial charge in [-0.25, -0.2) is 0 Å². The molecule has 0 spiro atoms. The van der Waals surface area contributed by atoms with Gasteiger partial charge in [0.25, 0.3) is 0 Å². The van der Waals surface area contributed by atoms with Crippen molar-refractivity contribution in [3.8, 4) is 0 Å². The zero-order valence-electron chi connectivity index (χ0n) is 13.9. The first kappa shape index (κ1) is 22.0. The van der Waals surface area contributed by atoms with E-state index in [4.69, 9.17) is 0 Å². The number of halogens is 2. The van der Waals surface area contributed by atoms with Gasteiger partial charge in [-0.2, -0.15) is 0 Å². The second-order valence-electron chi connectivity index (χ2n) is 6.91. The van der Waals surface area contributed by atoms with Gasteiger partial charge in [-0.15, -0.1) is 0 Å². The van der Waals surface area contributed by atoms with Crippen LogP contribution in [0.25, 0.3) is 0 Å². The van der Waals surface area contributed by atoms with Gasteiger partial charge in [0.05, 0.1) is 0 Å². The van der Waals surface area contributed by atoms with Crippen LogP contribution < -0.4 is 30.1 Å². The topological polar surface area (TPSA) is 12.0 Å². The summed E-state index contributed by atoms with van der Waals surface area (Å²) in [5.74, 6) is 0. The Kier molecular flexibility index (Phi) is 8.16. The molecule has 1 unspecified atom stereocenters. The maximum Gasteiger partial charge on any atom is -1.00 e. The third kappa shape index (κ3) is 5.55. The number of para-hydroxylation sites is 1. The van der Waals surface area contributed by atoms with Gasteiger partial charge in [0, 0.05) is 0 Å². The Bertz CT molecular complexity index is 569. The van der Waals surface area contributed by atoms with Crippen LogP contribution in [-0.2, 0) is 31.1 Å². The minimum atomic E-state index is 0. The van der Waals surface area contributed by atoms with E-state index in [0.717, 1.165) is 6.42 Å². The number of benzene rings is 1. The summed E-state index contributed by atoms with van der Waals surface area (Å²) in [5, 5.41) is 3.63. The van der Waals surface area contributed by atoms with E-state index < -0.39 is 0 Å². The van der Waals surface area contributed by atoms with Gasteiger partial charge in [0.1, 0.15) is 0 Å². The molecule has 4 heteroatoms. The quantitative estimate of drug-likeness (QED) is 0.671. The van der Waals surface area contributed by atoms with E-state index in [9.17, 15) is 0 Å². The smallest absolute Gasteiger partial charge is 1.00 e. The number of hydrogen-bond donors (Lipinski definition) is 1. The van der Waals surface area contributed by atoms with E-state index in [1.807, 2.05) is 0 Å². The molecule has 0 radical (unpaired) electrons. The fourth-order valence-electron chi connectivity index (χ4n) is 2.62. The minimum absolute atomic E-state index is 0. The van der Waals surface area contributed by atoms with Crippen LogP contribution >= 0.6 is 0 Å². The summed E-state index contributed by atoms with van der Waals surface area (Å²) in [6.45, 7) is 11.2. The van der Waals surface area contributed by atoms with Crippen molar-refractivity contribution in [3.05, 3.63) is 53.1 Å². The molecule has 1 nitrogen and oxygen atoms in total. The van der Waals surface area contributed by atoms with E-state index in [0.29, 0.717) is 0 Å². The maximum absolute atomic E-state index is 3.63. The summed E-state index contributed by atoms with van der Waals surface area (Å²) in [7, 11) is 0. The van der Waals surface area contributed by atoms with Crippen LogP contribution in [0.5, 0.6) is 0 Å². The average molecular weight is 417 g/mol. The fraction of sp³-hybridized carbons (Fsp3) is 0.444. The van der Waals surface area contributed by atoms with E-state index in [2.05, 4.69) is 76.4 Å². The van der Waals surface area contributed by atoms with Crippen molar-refractivity contribution < 1.29 is 49.5 Å². The molecule has 1 aliphatic rings. The van der Waals surface area contributed by atoms with Gasteiger partial charge in [0.15, 0.2) is 0 Å². The summed E-state index contributed by atoms with van der Waals surface area (Å²) in [6, 6.07) is 8.70. The molecule has 0 aliphatic heterocycles. The van der Waals surface area contributed by atoms with E-state index in [-0.39, 0.29) is 33.5 Å². The molecular weight excluding hydrogens is 392 g/mol. The Morgan fingerprint density at radius 1 is 1.14 bits per heavy atom. The minimum Gasteiger partial charge on any atom is -1.00 e. The molecule has 0 saturated carbocycles. The molecule has 22 heavy (non-hydrogen) atoms. The monoisotopic (exact) mass is 414 g/mol. The van der Waals surface area contributed by atoms with Crippen LogP contribution in [0.4, 0.5) is 5.69 Å². The maximum atomic E-state index is 3.63. The van der Waals surface area contributed by atoms with Gasteiger partial charge in [-0.3, -0.25) is 0 Å². The zero-order chi connectivity index (χ0) is 15.0. The molecule has 1 aromatic carbocycles. The molecule has 0 fully saturated rings. The third-order valence-electron chi connectivity index (χ3n) is 3.66. The number of hydrogen-bond acceptors (Lipinski definition) is 1. The first-order valence-electron chi connectivity index (χ1n) is 7.20. The van der Waals surface area contributed by atoms with Gasteiger partial charge < -0.3 is 24.8 Å². The predicted octanol–water partition coefficient (Wildman–Crippen LogP) is -0.941. The first-order valence-corrected chi connectivity index (χ1v) is 8.42. The molecule has 0 bridgehead atoms. The van der Waals surface area contributed by atoms with Crippen LogP contribution in [0.15, 0.2) is 47.6 Å². The van der Waals surface area contributed by atoms with E-state index >= 15 is 0 Å². The molecule has 0 saturated heterocycles. The van der Waals surface area contributed by atoms with E-state index in [1.165, 1.54) is 16.8 Å². The molecule has 1 aromatic rings. The van der Waals surface area contributed by atoms with Crippen molar-refractivity contribution in [3.63, 3.8) is 0 Å². The second kappa shape index (κ2) is 8.18. The molecule has 2 rings (SSSR count). The standard InChI is InChI=1S/C18H24N.2ClH.Zr/c1-13-10-11-14(2)16(13)12-15-8-6-7-9-17(15)19-18(3,4)5;;;/h6-11,19H,12H2,1-5H3;2*1H;/q;;;+2/p-2. The Balaban J connectivity index is 0.00000220. The zero-order valence-corrected chi connectivity index (χ0v) is 17.9. The molecule has 1 atom stereocenters. The van der Waals surface area contributed by atoms with Crippen LogP contribution in [0, 0.1) is 0 Å². The van der Waals surface area contributed by atoms with Gasteiger partial charge in [-0.1, -0.05) is 0 Å². The first-order chi connectivity index (χ1) is 9.19. The van der Waals surface area contributed by atoms with Crippen molar-refractivity contribution in [2.45, 2.75) is 49.7 Å². The third-order valence-corrected chi connectivity index (χ3v) is 4.82. The second-order valence-corrected chi connectivity index (χ2v) is 9.46. The van der Waals surface area contributed by atoms with Crippen molar-refractivity contribution in [1.82, 2.24) is 0 Å². The molecule has 1 N–H and O–H groups in total.